The Balaban J connectivity index is 2.11. The third kappa shape index (κ3) is 2.93. The Morgan fingerprint density at radius 1 is 1.14 bits per heavy atom. The molecular formula is C17H14N4O. The van der Waals surface area contributed by atoms with E-state index in [0.29, 0.717) is 0 Å². The Labute approximate surface area is 127 Å². The van der Waals surface area contributed by atoms with Gasteiger partial charge in [-0.25, -0.2) is 4.68 Å². The largest absolute Gasteiger partial charge is 0.366 e. The van der Waals surface area contributed by atoms with Crippen molar-refractivity contribution >= 4 is 12.0 Å². The highest BCUT2D eigenvalue weighted by atomic mass is 16.1. The highest BCUT2D eigenvalue weighted by molar-refractivity contribution is 5.91. The molecule has 5 nitrogen and oxygen atoms in total. The minimum atomic E-state index is -0.496. The van der Waals surface area contributed by atoms with Gasteiger partial charge in [-0.2, -0.15) is 5.10 Å². The fourth-order valence-corrected chi connectivity index (χ4v) is 2.12. The predicted molar refractivity (Wildman–Crippen MR) is 85.0 cm³/mol. The van der Waals surface area contributed by atoms with Gasteiger partial charge in [0.25, 0.3) is 0 Å². The maximum atomic E-state index is 11.0. The van der Waals surface area contributed by atoms with E-state index >= 15 is 0 Å². The first kappa shape index (κ1) is 13.8. The van der Waals surface area contributed by atoms with Crippen LogP contribution in [0.5, 0.6) is 0 Å². The molecule has 0 bridgehead atoms. The summed E-state index contributed by atoms with van der Waals surface area (Å²) in [7, 11) is 0. The number of primary amides is 1. The SMILES string of the molecule is NC(=O)/C=C/c1cn(-c2ccccc2)nc1-c1cccnc1. The lowest BCUT2D eigenvalue weighted by Gasteiger charge is -1.99. The number of aromatic nitrogens is 3. The van der Waals surface area contributed by atoms with Crippen molar-refractivity contribution in [2.45, 2.75) is 0 Å². The van der Waals surface area contributed by atoms with Crippen molar-refractivity contribution in [2.24, 2.45) is 5.73 Å². The van der Waals surface area contributed by atoms with Gasteiger partial charge >= 0.3 is 0 Å². The molecule has 2 heterocycles. The van der Waals surface area contributed by atoms with E-state index in [2.05, 4.69) is 10.1 Å². The molecule has 2 N–H and O–H groups in total. The Bertz CT molecular complexity index is 807. The molecule has 22 heavy (non-hydrogen) atoms. The van der Waals surface area contributed by atoms with Crippen LogP contribution in [0.1, 0.15) is 5.56 Å². The Hall–Kier alpha value is -3.21. The lowest BCUT2D eigenvalue weighted by molar-refractivity contribution is -0.113. The van der Waals surface area contributed by atoms with Crippen LogP contribution in [-0.2, 0) is 4.79 Å². The zero-order valence-electron chi connectivity index (χ0n) is 11.8. The Morgan fingerprint density at radius 3 is 2.64 bits per heavy atom. The summed E-state index contributed by atoms with van der Waals surface area (Å²) in [5.41, 5.74) is 8.54. The minimum absolute atomic E-state index is 0.496. The van der Waals surface area contributed by atoms with Crippen LogP contribution in [0.3, 0.4) is 0 Å². The van der Waals surface area contributed by atoms with Crippen molar-refractivity contribution < 1.29 is 4.79 Å². The van der Waals surface area contributed by atoms with Crippen LogP contribution in [0.4, 0.5) is 0 Å². The van der Waals surface area contributed by atoms with Gasteiger partial charge in [0.05, 0.1) is 5.69 Å². The molecule has 0 radical (unpaired) electrons. The summed E-state index contributed by atoms with van der Waals surface area (Å²) in [6.45, 7) is 0. The van der Waals surface area contributed by atoms with E-state index in [1.165, 1.54) is 6.08 Å². The van der Waals surface area contributed by atoms with Crippen LogP contribution in [0.15, 0.2) is 67.1 Å². The molecule has 1 amide bonds. The number of para-hydroxylation sites is 1. The number of rotatable bonds is 4. The molecule has 0 saturated heterocycles. The number of hydrogen-bond donors (Lipinski definition) is 1. The monoisotopic (exact) mass is 290 g/mol. The summed E-state index contributed by atoms with van der Waals surface area (Å²) in [4.78, 5) is 15.1. The molecule has 0 aliphatic rings. The third-order valence-electron chi connectivity index (χ3n) is 3.13. The second-order valence-corrected chi connectivity index (χ2v) is 4.69. The van der Waals surface area contributed by atoms with Gasteiger partial charge in [-0.05, 0) is 30.3 Å². The van der Waals surface area contributed by atoms with Gasteiger partial charge in [-0.15, -0.1) is 0 Å². The molecule has 0 aliphatic heterocycles. The quantitative estimate of drug-likeness (QED) is 0.750. The second kappa shape index (κ2) is 6.05. The van der Waals surface area contributed by atoms with Gasteiger partial charge in [0, 0.05) is 35.8 Å². The van der Waals surface area contributed by atoms with Crippen molar-refractivity contribution in [2.75, 3.05) is 0 Å². The van der Waals surface area contributed by atoms with Gasteiger partial charge in [0.15, 0.2) is 0 Å². The number of carbonyl (C=O) groups excluding carboxylic acids is 1. The van der Waals surface area contributed by atoms with E-state index in [-0.39, 0.29) is 0 Å². The number of nitrogens with zero attached hydrogens (tertiary/aromatic N) is 3. The maximum Gasteiger partial charge on any atom is 0.241 e. The summed E-state index contributed by atoms with van der Waals surface area (Å²) < 4.78 is 1.77. The van der Waals surface area contributed by atoms with E-state index in [0.717, 1.165) is 22.5 Å². The fraction of sp³-hybridized carbons (Fsp3) is 0. The van der Waals surface area contributed by atoms with Crippen molar-refractivity contribution in [3.8, 4) is 16.9 Å². The van der Waals surface area contributed by atoms with Crippen LogP contribution >= 0.6 is 0 Å². The zero-order chi connectivity index (χ0) is 15.4. The highest BCUT2D eigenvalue weighted by Gasteiger charge is 2.10. The average molecular weight is 290 g/mol. The molecule has 3 aromatic rings. The van der Waals surface area contributed by atoms with Crippen LogP contribution < -0.4 is 5.73 Å². The van der Waals surface area contributed by atoms with Crippen LogP contribution in [-0.4, -0.2) is 20.7 Å². The minimum Gasteiger partial charge on any atom is -0.366 e. The van der Waals surface area contributed by atoms with E-state index in [9.17, 15) is 4.79 Å². The first-order valence-corrected chi connectivity index (χ1v) is 6.77. The van der Waals surface area contributed by atoms with E-state index in [4.69, 9.17) is 5.73 Å². The molecule has 1 aromatic carbocycles. The van der Waals surface area contributed by atoms with E-state index in [1.54, 1.807) is 23.2 Å². The smallest absolute Gasteiger partial charge is 0.241 e. The zero-order valence-corrected chi connectivity index (χ0v) is 11.8. The summed E-state index contributed by atoms with van der Waals surface area (Å²) in [5.74, 6) is -0.496. The van der Waals surface area contributed by atoms with Crippen molar-refractivity contribution in [1.29, 1.82) is 0 Å². The summed E-state index contributed by atoms with van der Waals surface area (Å²) in [6, 6.07) is 13.5. The fourth-order valence-electron chi connectivity index (χ4n) is 2.12. The van der Waals surface area contributed by atoms with Gasteiger partial charge in [0.1, 0.15) is 5.69 Å². The Kier molecular flexibility index (Phi) is 3.78. The molecule has 0 aliphatic carbocycles. The summed E-state index contributed by atoms with van der Waals surface area (Å²) in [6.07, 6.45) is 8.29. The van der Waals surface area contributed by atoms with Crippen molar-refractivity contribution in [1.82, 2.24) is 14.8 Å². The van der Waals surface area contributed by atoms with E-state index in [1.807, 2.05) is 48.7 Å². The van der Waals surface area contributed by atoms with Crippen LogP contribution in [0, 0.1) is 0 Å². The van der Waals surface area contributed by atoms with Gasteiger partial charge < -0.3 is 5.73 Å². The summed E-state index contributed by atoms with van der Waals surface area (Å²) >= 11 is 0. The summed E-state index contributed by atoms with van der Waals surface area (Å²) in [5, 5.41) is 4.60. The van der Waals surface area contributed by atoms with Crippen LogP contribution in [0.25, 0.3) is 23.0 Å². The molecule has 0 fully saturated rings. The average Bonchev–Trinajstić information content (AvgIpc) is 2.99. The number of nitrogens with two attached hydrogens (primary N) is 1. The third-order valence-corrected chi connectivity index (χ3v) is 3.13. The number of pyridine rings is 1. The molecule has 0 unspecified atom stereocenters. The Morgan fingerprint density at radius 2 is 1.95 bits per heavy atom. The molecule has 108 valence electrons. The highest BCUT2D eigenvalue weighted by Crippen LogP contribution is 2.24. The molecular weight excluding hydrogens is 276 g/mol. The normalized spacial score (nSPS) is 10.9. The van der Waals surface area contributed by atoms with Crippen molar-refractivity contribution in [3.63, 3.8) is 0 Å². The van der Waals surface area contributed by atoms with Gasteiger partial charge in [0.2, 0.25) is 5.91 Å². The van der Waals surface area contributed by atoms with Crippen LogP contribution in [0.2, 0.25) is 0 Å². The molecule has 0 spiro atoms. The molecule has 5 heteroatoms. The van der Waals surface area contributed by atoms with Crippen molar-refractivity contribution in [3.05, 3.63) is 72.7 Å². The molecule has 2 aromatic heterocycles. The lowest BCUT2D eigenvalue weighted by Crippen LogP contribution is -2.05. The topological polar surface area (TPSA) is 73.8 Å². The predicted octanol–water partition coefficient (Wildman–Crippen LogP) is 2.43. The number of benzene rings is 1. The van der Waals surface area contributed by atoms with E-state index < -0.39 is 5.91 Å². The molecule has 0 atom stereocenters. The number of carbonyl (C=O) groups is 1. The number of amides is 1. The lowest BCUT2D eigenvalue weighted by atomic mass is 10.1. The maximum absolute atomic E-state index is 11.0. The molecule has 3 rings (SSSR count). The first-order valence-electron chi connectivity index (χ1n) is 6.77. The second-order valence-electron chi connectivity index (χ2n) is 4.69. The van der Waals surface area contributed by atoms with Gasteiger partial charge in [-0.1, -0.05) is 18.2 Å². The first-order chi connectivity index (χ1) is 10.7. The standard InChI is InChI=1S/C17H14N4O/c18-16(22)9-8-14-12-21(15-6-2-1-3-7-15)20-17(14)13-5-4-10-19-11-13/h1-12H,(H2,18,22)/b9-8+. The van der Waals surface area contributed by atoms with Gasteiger partial charge in [-0.3, -0.25) is 9.78 Å². The molecule has 0 saturated carbocycles. The number of hydrogen-bond acceptors (Lipinski definition) is 3.